The lowest BCUT2D eigenvalue weighted by Gasteiger charge is -2.08. The van der Waals surface area contributed by atoms with E-state index in [9.17, 15) is 9.90 Å². The molecule has 0 atom stereocenters. The summed E-state index contributed by atoms with van der Waals surface area (Å²) in [6.45, 7) is 1.36. The summed E-state index contributed by atoms with van der Waals surface area (Å²) >= 11 is 1.57. The number of benzene rings is 1. The molecule has 4 aromatic rings. The molecule has 28 heavy (non-hydrogen) atoms. The van der Waals surface area contributed by atoms with Gasteiger partial charge in [-0.25, -0.2) is 4.79 Å². The van der Waals surface area contributed by atoms with Crippen molar-refractivity contribution in [2.45, 2.75) is 19.4 Å². The monoisotopic (exact) mass is 396 g/mol. The summed E-state index contributed by atoms with van der Waals surface area (Å²) in [4.78, 5) is 21.6. The first-order chi connectivity index (χ1) is 13.5. The van der Waals surface area contributed by atoms with Gasteiger partial charge in [0, 0.05) is 34.9 Å². The number of likely N-dealkylation sites (N-methyl/N-ethyl adjacent to an activating group) is 1. The zero-order valence-electron chi connectivity index (χ0n) is 16.0. The van der Waals surface area contributed by atoms with Crippen LogP contribution >= 0.6 is 11.3 Å². The molecule has 146 valence electrons. The van der Waals surface area contributed by atoms with Crippen molar-refractivity contribution in [2.75, 3.05) is 20.6 Å². The van der Waals surface area contributed by atoms with Gasteiger partial charge in [-0.1, -0.05) is 12.1 Å². The topological polar surface area (TPSA) is 77.0 Å². The molecule has 6 nitrogen and oxygen atoms in total. The predicted octanol–water partition coefficient (Wildman–Crippen LogP) is 3.17. The molecule has 3 heterocycles. The van der Waals surface area contributed by atoms with Crippen LogP contribution in [0.25, 0.3) is 10.9 Å². The van der Waals surface area contributed by atoms with Gasteiger partial charge in [0.05, 0.1) is 12.2 Å². The number of aromatic amines is 2. The number of hydrogen-bond donors (Lipinski definition) is 3. The number of nitrogens with zero attached hydrogens (tertiary/aromatic N) is 2. The number of aromatic hydroxyl groups is 1. The van der Waals surface area contributed by atoms with Crippen LogP contribution in [0.3, 0.4) is 0 Å². The Hall–Kier alpha value is -2.77. The van der Waals surface area contributed by atoms with E-state index in [4.69, 9.17) is 0 Å². The molecule has 1 aromatic carbocycles. The van der Waals surface area contributed by atoms with Gasteiger partial charge in [-0.05, 0) is 55.2 Å². The van der Waals surface area contributed by atoms with Crippen molar-refractivity contribution in [2.24, 2.45) is 0 Å². The summed E-state index contributed by atoms with van der Waals surface area (Å²) in [5, 5.41) is 13.7. The lowest BCUT2D eigenvalue weighted by molar-refractivity contribution is 0.414. The van der Waals surface area contributed by atoms with E-state index in [1.165, 1.54) is 15.5 Å². The van der Waals surface area contributed by atoms with E-state index in [2.05, 4.69) is 47.3 Å². The fourth-order valence-corrected chi connectivity index (χ4v) is 4.12. The Kier molecular flexibility index (Phi) is 5.11. The molecule has 0 spiro atoms. The van der Waals surface area contributed by atoms with Crippen molar-refractivity contribution in [3.05, 3.63) is 74.1 Å². The molecule has 0 fully saturated rings. The average molecular weight is 397 g/mol. The van der Waals surface area contributed by atoms with E-state index in [1.807, 2.05) is 23.6 Å². The molecule has 0 unspecified atom stereocenters. The zero-order chi connectivity index (χ0) is 19.7. The second-order valence-corrected chi connectivity index (χ2v) is 8.35. The molecule has 0 aliphatic rings. The zero-order valence-corrected chi connectivity index (χ0v) is 16.8. The van der Waals surface area contributed by atoms with Crippen LogP contribution in [0.15, 0.2) is 46.7 Å². The fourth-order valence-electron chi connectivity index (χ4n) is 3.43. The maximum atomic E-state index is 12.3. The summed E-state index contributed by atoms with van der Waals surface area (Å²) in [7, 11) is 4.14. The number of nitrogens with one attached hydrogen (secondary N) is 2. The predicted molar refractivity (Wildman–Crippen MR) is 114 cm³/mol. The van der Waals surface area contributed by atoms with Crippen LogP contribution in [0, 0.1) is 0 Å². The first-order valence-electron chi connectivity index (χ1n) is 9.28. The van der Waals surface area contributed by atoms with Crippen molar-refractivity contribution in [1.82, 2.24) is 19.4 Å². The minimum Gasteiger partial charge on any atom is -0.493 e. The molecular weight excluding hydrogens is 372 g/mol. The molecule has 0 bridgehead atoms. The number of thiophene rings is 1. The maximum Gasteiger partial charge on any atom is 0.328 e. The van der Waals surface area contributed by atoms with E-state index in [-0.39, 0.29) is 11.6 Å². The smallest absolute Gasteiger partial charge is 0.328 e. The second-order valence-electron chi connectivity index (χ2n) is 7.32. The van der Waals surface area contributed by atoms with Crippen molar-refractivity contribution >= 4 is 22.2 Å². The van der Waals surface area contributed by atoms with E-state index in [1.54, 1.807) is 11.3 Å². The van der Waals surface area contributed by atoms with E-state index >= 15 is 0 Å². The molecule has 0 saturated carbocycles. The number of fused-ring (bicyclic) bond motifs is 1. The van der Waals surface area contributed by atoms with Gasteiger partial charge < -0.3 is 20.0 Å². The molecule has 0 amide bonds. The molecule has 4 rings (SSSR count). The Labute approximate surface area is 167 Å². The summed E-state index contributed by atoms with van der Waals surface area (Å²) < 4.78 is 1.39. The summed E-state index contributed by atoms with van der Waals surface area (Å²) in [6, 6.07) is 10.1. The number of H-pyrrole nitrogens is 2. The minimum absolute atomic E-state index is 0.0143. The largest absolute Gasteiger partial charge is 0.493 e. The molecule has 0 aliphatic carbocycles. The maximum absolute atomic E-state index is 12.3. The third-order valence-electron chi connectivity index (χ3n) is 4.96. The second kappa shape index (κ2) is 7.69. The highest BCUT2D eigenvalue weighted by Gasteiger charge is 2.15. The normalized spacial score (nSPS) is 11.7. The highest BCUT2D eigenvalue weighted by molar-refractivity contribution is 7.09. The van der Waals surface area contributed by atoms with Crippen LogP contribution in [-0.4, -0.2) is 45.2 Å². The molecule has 3 aromatic heterocycles. The number of aromatic nitrogens is 3. The lowest BCUT2D eigenvalue weighted by atomic mass is 10.0. The van der Waals surface area contributed by atoms with Gasteiger partial charge in [0.2, 0.25) is 5.88 Å². The molecular formula is C21H24N4O2S. The first-order valence-corrected chi connectivity index (χ1v) is 10.2. The van der Waals surface area contributed by atoms with E-state index < -0.39 is 0 Å². The summed E-state index contributed by atoms with van der Waals surface area (Å²) in [5.74, 6) is 0.0143. The van der Waals surface area contributed by atoms with Crippen molar-refractivity contribution < 1.29 is 5.11 Å². The Bertz CT molecular complexity index is 1140. The average Bonchev–Trinajstić information content (AvgIpc) is 3.37. The number of imidazole rings is 1. The Balaban J connectivity index is 1.59. The van der Waals surface area contributed by atoms with Crippen molar-refractivity contribution in [1.29, 1.82) is 0 Å². The van der Waals surface area contributed by atoms with Gasteiger partial charge in [0.15, 0.2) is 0 Å². The molecule has 0 radical (unpaired) electrons. The van der Waals surface area contributed by atoms with Crippen LogP contribution < -0.4 is 5.69 Å². The Morgan fingerprint density at radius 1 is 1.25 bits per heavy atom. The van der Waals surface area contributed by atoms with Crippen molar-refractivity contribution in [3.63, 3.8) is 0 Å². The van der Waals surface area contributed by atoms with Gasteiger partial charge in [0.25, 0.3) is 0 Å². The Morgan fingerprint density at radius 2 is 2.11 bits per heavy atom. The SMILES string of the molecule is CN(C)CCc1c[nH]c2ccc(Cc3[nH]c(=O)n(Cc4cccs4)c3O)cc12. The minimum atomic E-state index is -0.282. The summed E-state index contributed by atoms with van der Waals surface area (Å²) in [5.41, 5.74) is 3.70. The van der Waals surface area contributed by atoms with Crippen LogP contribution in [0.4, 0.5) is 0 Å². The van der Waals surface area contributed by atoms with E-state index in [0.29, 0.717) is 18.7 Å². The van der Waals surface area contributed by atoms with Gasteiger partial charge in [-0.15, -0.1) is 11.3 Å². The van der Waals surface area contributed by atoms with Gasteiger partial charge in [-0.2, -0.15) is 0 Å². The van der Waals surface area contributed by atoms with Gasteiger partial charge in [-0.3, -0.25) is 4.57 Å². The van der Waals surface area contributed by atoms with Crippen LogP contribution in [0.2, 0.25) is 0 Å². The quantitative estimate of drug-likeness (QED) is 0.449. The third kappa shape index (κ3) is 3.76. The van der Waals surface area contributed by atoms with Crippen LogP contribution in [0.1, 0.15) is 21.7 Å². The standard InChI is InChI=1S/C21H24N4O2S/c1-24(2)8-7-15-12-22-18-6-5-14(10-17(15)18)11-19-20(26)25(21(27)23-19)13-16-4-3-9-28-16/h3-6,9-10,12,22,26H,7-8,11,13H2,1-2H3,(H,23,27). The molecule has 0 saturated heterocycles. The number of hydrogen-bond acceptors (Lipinski definition) is 4. The van der Waals surface area contributed by atoms with Gasteiger partial charge >= 0.3 is 5.69 Å². The fraction of sp³-hybridized carbons (Fsp3) is 0.286. The molecule has 0 aliphatic heterocycles. The molecule has 3 N–H and O–H groups in total. The molecule has 7 heteroatoms. The van der Waals surface area contributed by atoms with E-state index in [0.717, 1.165) is 28.9 Å². The lowest BCUT2D eigenvalue weighted by Crippen LogP contribution is -2.16. The highest BCUT2D eigenvalue weighted by atomic mass is 32.1. The van der Waals surface area contributed by atoms with Gasteiger partial charge in [0.1, 0.15) is 0 Å². The number of rotatable bonds is 7. The highest BCUT2D eigenvalue weighted by Crippen LogP contribution is 2.24. The van der Waals surface area contributed by atoms with Crippen molar-refractivity contribution in [3.8, 4) is 5.88 Å². The summed E-state index contributed by atoms with van der Waals surface area (Å²) in [6.07, 6.45) is 3.51. The van der Waals surface area contributed by atoms with Crippen LogP contribution in [-0.2, 0) is 19.4 Å². The Morgan fingerprint density at radius 3 is 2.86 bits per heavy atom. The third-order valence-corrected chi connectivity index (χ3v) is 5.82. The first kappa shape index (κ1) is 18.6. The van der Waals surface area contributed by atoms with Crippen LogP contribution in [0.5, 0.6) is 5.88 Å².